The van der Waals surface area contributed by atoms with Gasteiger partial charge in [0.1, 0.15) is 5.69 Å². The van der Waals surface area contributed by atoms with E-state index in [4.69, 9.17) is 0 Å². The molecule has 0 aromatic heterocycles. The number of amides is 3. The van der Waals surface area contributed by atoms with Gasteiger partial charge in [-0.25, -0.2) is 0 Å². The Morgan fingerprint density at radius 2 is 1.59 bits per heavy atom. The monoisotopic (exact) mass is 396 g/mol. The van der Waals surface area contributed by atoms with Crippen LogP contribution in [0.5, 0.6) is 0 Å². The second-order valence-electron chi connectivity index (χ2n) is 6.46. The number of hydrogen-bond donors (Lipinski definition) is 2. The van der Waals surface area contributed by atoms with E-state index in [0.29, 0.717) is 29.8 Å². The van der Waals surface area contributed by atoms with Crippen molar-refractivity contribution in [3.8, 4) is 0 Å². The molecule has 0 saturated heterocycles. The van der Waals surface area contributed by atoms with Gasteiger partial charge in [-0.3, -0.25) is 29.4 Å². The quantitative estimate of drug-likeness (QED) is 0.290. The third-order valence-electron chi connectivity index (χ3n) is 4.53. The van der Waals surface area contributed by atoms with Crippen LogP contribution in [0, 0.1) is 10.1 Å². The number of fused-ring (bicyclic) bond motifs is 1. The summed E-state index contributed by atoms with van der Waals surface area (Å²) in [6, 6.07) is 12.9. The Morgan fingerprint density at radius 3 is 2.24 bits per heavy atom. The summed E-state index contributed by atoms with van der Waals surface area (Å²) < 4.78 is 0. The second-order valence-corrected chi connectivity index (χ2v) is 6.46. The molecule has 0 saturated carbocycles. The topological polar surface area (TPSA) is 122 Å². The molecule has 2 aromatic carbocycles. The van der Waals surface area contributed by atoms with Crippen molar-refractivity contribution >= 4 is 29.1 Å². The molecule has 3 amide bonds. The van der Waals surface area contributed by atoms with Crippen LogP contribution < -0.4 is 10.6 Å². The molecule has 150 valence electrons. The normalized spacial score (nSPS) is 12.6. The maximum Gasteiger partial charge on any atom is 0.292 e. The third-order valence-corrected chi connectivity index (χ3v) is 4.53. The zero-order valence-electron chi connectivity index (χ0n) is 15.6. The summed E-state index contributed by atoms with van der Waals surface area (Å²) in [5.41, 5.74) is 1.14. The van der Waals surface area contributed by atoms with Crippen LogP contribution in [-0.4, -0.2) is 47.2 Å². The number of nitro benzene ring substituents is 1. The van der Waals surface area contributed by atoms with E-state index < -0.39 is 4.92 Å². The molecule has 0 bridgehead atoms. The number of imide groups is 1. The summed E-state index contributed by atoms with van der Waals surface area (Å²) in [7, 11) is 0. The zero-order valence-corrected chi connectivity index (χ0v) is 15.6. The van der Waals surface area contributed by atoms with E-state index in [1.165, 1.54) is 6.07 Å². The van der Waals surface area contributed by atoms with Gasteiger partial charge in [0.15, 0.2) is 0 Å². The number of rotatable bonds is 9. The highest BCUT2D eigenvalue weighted by atomic mass is 16.6. The molecule has 9 heteroatoms. The molecule has 0 unspecified atom stereocenters. The molecular weight excluding hydrogens is 376 g/mol. The number of carbonyl (C=O) groups excluding carboxylic acids is 3. The number of nitrogens with one attached hydrogen (secondary N) is 2. The average molecular weight is 396 g/mol. The summed E-state index contributed by atoms with van der Waals surface area (Å²) in [6.07, 6.45) is 0.522. The molecule has 0 atom stereocenters. The maximum atomic E-state index is 12.3. The van der Waals surface area contributed by atoms with Crippen LogP contribution in [0.1, 0.15) is 33.6 Å². The van der Waals surface area contributed by atoms with Gasteiger partial charge >= 0.3 is 0 Å². The molecule has 2 N–H and O–H groups in total. The molecule has 0 spiro atoms. The lowest BCUT2D eigenvalue weighted by molar-refractivity contribution is -0.384. The van der Waals surface area contributed by atoms with Crippen molar-refractivity contribution in [1.82, 2.24) is 10.2 Å². The van der Waals surface area contributed by atoms with Gasteiger partial charge < -0.3 is 10.6 Å². The third kappa shape index (κ3) is 4.57. The van der Waals surface area contributed by atoms with Crippen LogP contribution in [0.4, 0.5) is 11.4 Å². The Balaban J connectivity index is 1.38. The van der Waals surface area contributed by atoms with Crippen molar-refractivity contribution in [3.05, 3.63) is 69.8 Å². The Morgan fingerprint density at radius 1 is 0.966 bits per heavy atom. The Kier molecular flexibility index (Phi) is 6.18. The molecule has 9 nitrogen and oxygen atoms in total. The predicted octanol–water partition coefficient (Wildman–Crippen LogP) is 2.20. The second kappa shape index (κ2) is 8.96. The number of anilines is 1. The standard InChI is InChI=1S/C20H20N4O5/c25-18(22-12-11-21-16-8-3-4-9-17(16)24(28)29)10-5-13-23-19(26)14-6-1-2-7-15(14)20(23)27/h1-4,6-9,21H,5,10-13H2,(H,22,25). The lowest BCUT2D eigenvalue weighted by Crippen LogP contribution is -2.33. The SMILES string of the molecule is O=C(CCCN1C(=O)c2ccccc2C1=O)NCCNc1ccccc1[N+](=O)[O-]. The molecule has 1 aliphatic rings. The molecule has 0 radical (unpaired) electrons. The van der Waals surface area contributed by atoms with Gasteiger partial charge in [-0.2, -0.15) is 0 Å². The first kappa shape index (κ1) is 20.0. The summed E-state index contributed by atoms with van der Waals surface area (Å²) in [5, 5.41) is 16.6. The highest BCUT2D eigenvalue weighted by molar-refractivity contribution is 6.21. The van der Waals surface area contributed by atoms with Crippen LogP contribution in [0.15, 0.2) is 48.5 Å². The van der Waals surface area contributed by atoms with E-state index in [9.17, 15) is 24.5 Å². The van der Waals surface area contributed by atoms with Crippen molar-refractivity contribution in [2.45, 2.75) is 12.8 Å². The average Bonchev–Trinajstić information content (AvgIpc) is 2.96. The summed E-state index contributed by atoms with van der Waals surface area (Å²) >= 11 is 0. The van der Waals surface area contributed by atoms with Crippen LogP contribution in [-0.2, 0) is 4.79 Å². The zero-order chi connectivity index (χ0) is 20.8. The van der Waals surface area contributed by atoms with Crippen molar-refractivity contribution in [1.29, 1.82) is 0 Å². The smallest absolute Gasteiger partial charge is 0.292 e. The fourth-order valence-electron chi connectivity index (χ4n) is 3.11. The van der Waals surface area contributed by atoms with Crippen LogP contribution in [0.3, 0.4) is 0 Å². The van der Waals surface area contributed by atoms with Crippen molar-refractivity contribution in [2.75, 3.05) is 25.0 Å². The highest BCUT2D eigenvalue weighted by Gasteiger charge is 2.34. The van der Waals surface area contributed by atoms with E-state index in [0.717, 1.165) is 4.90 Å². The summed E-state index contributed by atoms with van der Waals surface area (Å²) in [4.78, 5) is 48.1. The molecule has 0 aliphatic carbocycles. The lowest BCUT2D eigenvalue weighted by Gasteiger charge is -2.13. The Bertz CT molecular complexity index is 924. The van der Waals surface area contributed by atoms with Crippen molar-refractivity contribution < 1.29 is 19.3 Å². The number of carbonyl (C=O) groups is 3. The molecule has 2 aromatic rings. The van der Waals surface area contributed by atoms with Gasteiger partial charge in [-0.1, -0.05) is 24.3 Å². The minimum absolute atomic E-state index is 0.0280. The number of hydrogen-bond acceptors (Lipinski definition) is 6. The van der Waals surface area contributed by atoms with E-state index in [1.807, 2.05) is 0 Å². The number of nitrogens with zero attached hydrogens (tertiary/aromatic N) is 2. The molecule has 3 rings (SSSR count). The fraction of sp³-hybridized carbons (Fsp3) is 0.250. The van der Waals surface area contributed by atoms with Crippen molar-refractivity contribution in [2.24, 2.45) is 0 Å². The van der Waals surface area contributed by atoms with Crippen LogP contribution >= 0.6 is 0 Å². The molecule has 1 heterocycles. The summed E-state index contributed by atoms with van der Waals surface area (Å²) in [5.74, 6) is -0.884. The molecule has 0 fully saturated rings. The number of para-hydroxylation sites is 2. The summed E-state index contributed by atoms with van der Waals surface area (Å²) in [6.45, 7) is 0.793. The highest BCUT2D eigenvalue weighted by Crippen LogP contribution is 2.23. The minimum Gasteiger partial charge on any atom is -0.378 e. The largest absolute Gasteiger partial charge is 0.378 e. The van der Waals surface area contributed by atoms with Gasteiger partial charge in [0.05, 0.1) is 16.1 Å². The number of benzene rings is 2. The van der Waals surface area contributed by atoms with Gasteiger partial charge in [0, 0.05) is 32.1 Å². The Labute approximate surface area is 166 Å². The lowest BCUT2D eigenvalue weighted by atomic mass is 10.1. The van der Waals surface area contributed by atoms with Crippen LogP contribution in [0.25, 0.3) is 0 Å². The first-order valence-electron chi connectivity index (χ1n) is 9.18. The fourth-order valence-corrected chi connectivity index (χ4v) is 3.11. The van der Waals surface area contributed by atoms with Crippen LogP contribution in [0.2, 0.25) is 0 Å². The van der Waals surface area contributed by atoms with E-state index in [2.05, 4.69) is 10.6 Å². The van der Waals surface area contributed by atoms with Gasteiger partial charge in [0.2, 0.25) is 5.91 Å². The van der Waals surface area contributed by atoms with Crippen molar-refractivity contribution in [3.63, 3.8) is 0 Å². The maximum absolute atomic E-state index is 12.3. The first-order valence-corrected chi connectivity index (χ1v) is 9.18. The molecular formula is C20H20N4O5. The first-order chi connectivity index (χ1) is 14.0. The van der Waals surface area contributed by atoms with E-state index in [-0.39, 0.29) is 42.9 Å². The van der Waals surface area contributed by atoms with E-state index >= 15 is 0 Å². The molecule has 29 heavy (non-hydrogen) atoms. The van der Waals surface area contributed by atoms with Gasteiger partial charge in [-0.15, -0.1) is 0 Å². The minimum atomic E-state index is -0.472. The van der Waals surface area contributed by atoms with Gasteiger partial charge in [-0.05, 0) is 24.6 Å². The van der Waals surface area contributed by atoms with E-state index in [1.54, 1.807) is 42.5 Å². The number of nitro groups is 1. The Hall–Kier alpha value is -3.75. The predicted molar refractivity (Wildman–Crippen MR) is 106 cm³/mol. The molecule has 1 aliphatic heterocycles. The van der Waals surface area contributed by atoms with Gasteiger partial charge in [0.25, 0.3) is 17.5 Å².